The Balaban J connectivity index is 2.37. The molecule has 68 valence electrons. The average Bonchev–Trinajstić information content (AvgIpc) is 2.91. The van der Waals surface area contributed by atoms with Crippen molar-refractivity contribution in [1.29, 1.82) is 0 Å². The molecule has 0 aliphatic heterocycles. The molecule has 0 radical (unpaired) electrons. The Morgan fingerprint density at radius 1 is 1.46 bits per heavy atom. The van der Waals surface area contributed by atoms with E-state index in [0.717, 1.165) is 18.4 Å². The highest BCUT2D eigenvalue weighted by Crippen LogP contribution is 2.33. The summed E-state index contributed by atoms with van der Waals surface area (Å²) in [7, 11) is 0. The number of hydrogen-bond donors (Lipinski definition) is 0. The van der Waals surface area contributed by atoms with E-state index in [4.69, 9.17) is 0 Å². The van der Waals surface area contributed by atoms with Gasteiger partial charge < -0.3 is 0 Å². The van der Waals surface area contributed by atoms with E-state index >= 15 is 0 Å². The van der Waals surface area contributed by atoms with Gasteiger partial charge in [-0.2, -0.15) is 0 Å². The molecular weight excluding hydrogens is 167 g/mol. The zero-order chi connectivity index (χ0) is 9.42. The van der Waals surface area contributed by atoms with Crippen LogP contribution in [0.2, 0.25) is 0 Å². The van der Waals surface area contributed by atoms with Crippen LogP contribution in [0, 0.1) is 18.7 Å². The Hall–Kier alpha value is -1.18. The van der Waals surface area contributed by atoms with Gasteiger partial charge in [-0.3, -0.25) is 4.79 Å². The largest absolute Gasteiger partial charge is 0.294 e. The Bertz CT molecular complexity index is 353. The molecule has 0 heterocycles. The number of aryl methyl sites for hydroxylation is 1. The maximum absolute atomic E-state index is 13.2. The molecule has 0 amide bonds. The van der Waals surface area contributed by atoms with Crippen LogP contribution in [0.25, 0.3) is 0 Å². The first-order chi connectivity index (χ1) is 6.18. The van der Waals surface area contributed by atoms with Gasteiger partial charge in [0.05, 0.1) is 5.56 Å². The summed E-state index contributed by atoms with van der Waals surface area (Å²) in [6.45, 7) is 1.86. The summed E-state index contributed by atoms with van der Waals surface area (Å²) in [6.07, 6.45) is 1.85. The van der Waals surface area contributed by atoms with Gasteiger partial charge in [0, 0.05) is 5.92 Å². The predicted molar refractivity (Wildman–Crippen MR) is 48.2 cm³/mol. The summed E-state index contributed by atoms with van der Waals surface area (Å²) >= 11 is 0. The highest BCUT2D eigenvalue weighted by atomic mass is 19.1. The third kappa shape index (κ3) is 1.62. The number of halogens is 1. The predicted octanol–water partition coefficient (Wildman–Crippen LogP) is 2.73. The number of carbonyl (C=O) groups excluding carboxylic acids is 1. The van der Waals surface area contributed by atoms with E-state index in [1.807, 2.05) is 6.92 Å². The Morgan fingerprint density at radius 2 is 2.15 bits per heavy atom. The van der Waals surface area contributed by atoms with Crippen molar-refractivity contribution >= 4 is 5.78 Å². The van der Waals surface area contributed by atoms with Crippen LogP contribution >= 0.6 is 0 Å². The van der Waals surface area contributed by atoms with Crippen LogP contribution in [0.15, 0.2) is 18.2 Å². The maximum Gasteiger partial charge on any atom is 0.168 e. The van der Waals surface area contributed by atoms with Gasteiger partial charge in [0.25, 0.3) is 0 Å². The van der Waals surface area contributed by atoms with Crippen LogP contribution < -0.4 is 0 Å². The Morgan fingerprint density at radius 3 is 2.77 bits per heavy atom. The summed E-state index contributed by atoms with van der Waals surface area (Å²) in [5.74, 6) is -0.319. The zero-order valence-corrected chi connectivity index (χ0v) is 7.51. The van der Waals surface area contributed by atoms with Crippen molar-refractivity contribution in [2.75, 3.05) is 0 Å². The molecule has 0 unspecified atom stereocenters. The van der Waals surface area contributed by atoms with Crippen LogP contribution in [-0.2, 0) is 0 Å². The summed E-state index contributed by atoms with van der Waals surface area (Å²) in [4.78, 5) is 11.5. The van der Waals surface area contributed by atoms with Gasteiger partial charge in [-0.25, -0.2) is 4.39 Å². The van der Waals surface area contributed by atoms with Gasteiger partial charge in [-0.05, 0) is 31.9 Å². The number of carbonyl (C=O) groups is 1. The summed E-state index contributed by atoms with van der Waals surface area (Å²) < 4.78 is 13.2. The molecule has 1 fully saturated rings. The van der Waals surface area contributed by atoms with Gasteiger partial charge >= 0.3 is 0 Å². The third-order valence-electron chi connectivity index (χ3n) is 2.34. The molecule has 0 saturated heterocycles. The minimum atomic E-state index is -0.387. The van der Waals surface area contributed by atoms with E-state index < -0.39 is 0 Å². The lowest BCUT2D eigenvalue weighted by Gasteiger charge is -2.01. The van der Waals surface area contributed by atoms with Crippen molar-refractivity contribution in [3.63, 3.8) is 0 Å². The van der Waals surface area contributed by atoms with Crippen LogP contribution in [0.1, 0.15) is 28.8 Å². The lowest BCUT2D eigenvalue weighted by Crippen LogP contribution is -2.04. The molecule has 13 heavy (non-hydrogen) atoms. The summed E-state index contributed by atoms with van der Waals surface area (Å²) in [5, 5.41) is 0. The molecule has 0 N–H and O–H groups in total. The van der Waals surface area contributed by atoms with Crippen molar-refractivity contribution in [2.24, 2.45) is 5.92 Å². The van der Waals surface area contributed by atoms with E-state index in [-0.39, 0.29) is 23.1 Å². The standard InChI is InChI=1S/C11H11FO/c1-7-2-5-10(12)9(6-7)11(13)8-3-4-8/h2,5-6,8H,3-4H2,1H3. The number of ketones is 1. The molecule has 1 nitrogen and oxygen atoms in total. The molecule has 1 aromatic carbocycles. The van der Waals surface area contributed by atoms with Crippen molar-refractivity contribution in [3.05, 3.63) is 35.1 Å². The van der Waals surface area contributed by atoms with Crippen molar-refractivity contribution in [1.82, 2.24) is 0 Å². The Kier molecular flexibility index (Phi) is 1.91. The molecule has 1 saturated carbocycles. The average molecular weight is 178 g/mol. The van der Waals surface area contributed by atoms with E-state index in [2.05, 4.69) is 0 Å². The van der Waals surface area contributed by atoms with Crippen LogP contribution in [0.5, 0.6) is 0 Å². The van der Waals surface area contributed by atoms with Crippen LogP contribution in [0.3, 0.4) is 0 Å². The molecule has 0 spiro atoms. The number of Topliss-reactive ketones (excluding diaryl/α,β-unsaturated/α-hetero) is 1. The normalized spacial score (nSPS) is 15.8. The van der Waals surface area contributed by atoms with Gasteiger partial charge in [0.15, 0.2) is 5.78 Å². The van der Waals surface area contributed by atoms with Crippen molar-refractivity contribution in [3.8, 4) is 0 Å². The van der Waals surface area contributed by atoms with Gasteiger partial charge in [0.2, 0.25) is 0 Å². The fourth-order valence-corrected chi connectivity index (χ4v) is 1.39. The smallest absolute Gasteiger partial charge is 0.168 e. The molecule has 2 rings (SSSR count). The zero-order valence-electron chi connectivity index (χ0n) is 7.51. The van der Waals surface area contributed by atoms with E-state index in [1.54, 1.807) is 12.1 Å². The number of hydrogen-bond acceptors (Lipinski definition) is 1. The van der Waals surface area contributed by atoms with Crippen LogP contribution in [-0.4, -0.2) is 5.78 Å². The van der Waals surface area contributed by atoms with Gasteiger partial charge in [0.1, 0.15) is 5.82 Å². The first kappa shape index (κ1) is 8.42. The molecule has 1 aromatic rings. The molecule has 0 atom stereocenters. The van der Waals surface area contributed by atoms with Crippen LogP contribution in [0.4, 0.5) is 4.39 Å². The monoisotopic (exact) mass is 178 g/mol. The highest BCUT2D eigenvalue weighted by molar-refractivity contribution is 5.99. The minimum absolute atomic E-state index is 0.0267. The lowest BCUT2D eigenvalue weighted by molar-refractivity contribution is 0.0963. The van der Waals surface area contributed by atoms with E-state index in [9.17, 15) is 9.18 Å². The number of rotatable bonds is 2. The Labute approximate surface area is 76.6 Å². The topological polar surface area (TPSA) is 17.1 Å². The molecule has 0 bridgehead atoms. The second-order valence-corrected chi connectivity index (χ2v) is 3.62. The maximum atomic E-state index is 13.2. The van der Waals surface area contributed by atoms with Gasteiger partial charge in [-0.1, -0.05) is 11.6 Å². The molecular formula is C11H11FO. The fraction of sp³-hybridized carbons (Fsp3) is 0.364. The fourth-order valence-electron chi connectivity index (χ4n) is 1.39. The third-order valence-corrected chi connectivity index (χ3v) is 2.34. The lowest BCUT2D eigenvalue weighted by atomic mass is 10.0. The first-order valence-corrected chi connectivity index (χ1v) is 4.49. The van der Waals surface area contributed by atoms with Crippen molar-refractivity contribution in [2.45, 2.75) is 19.8 Å². The number of benzene rings is 1. The molecule has 2 heteroatoms. The molecule has 1 aliphatic carbocycles. The van der Waals surface area contributed by atoms with E-state index in [1.165, 1.54) is 6.07 Å². The second-order valence-electron chi connectivity index (χ2n) is 3.62. The first-order valence-electron chi connectivity index (χ1n) is 4.49. The van der Waals surface area contributed by atoms with Crippen molar-refractivity contribution < 1.29 is 9.18 Å². The highest BCUT2D eigenvalue weighted by Gasteiger charge is 2.31. The summed E-state index contributed by atoms with van der Waals surface area (Å²) in [6, 6.07) is 4.68. The van der Waals surface area contributed by atoms with E-state index in [0.29, 0.717) is 0 Å². The van der Waals surface area contributed by atoms with Gasteiger partial charge in [-0.15, -0.1) is 0 Å². The SMILES string of the molecule is Cc1ccc(F)c(C(=O)C2CC2)c1. The summed E-state index contributed by atoms with van der Waals surface area (Å²) in [5.41, 5.74) is 1.20. The molecule has 1 aliphatic rings. The quantitative estimate of drug-likeness (QED) is 0.636. The minimum Gasteiger partial charge on any atom is -0.294 e. The molecule has 0 aromatic heterocycles. The second kappa shape index (κ2) is 2.95.